The topological polar surface area (TPSA) is 42.0 Å². The van der Waals surface area contributed by atoms with E-state index in [1.54, 1.807) is 7.11 Å². The molecular weight excluding hydrogens is 316 g/mol. The van der Waals surface area contributed by atoms with Gasteiger partial charge in [-0.1, -0.05) is 0 Å². The summed E-state index contributed by atoms with van der Waals surface area (Å²) < 4.78 is 10.6. The summed E-state index contributed by atoms with van der Waals surface area (Å²) in [5, 5.41) is 0. The van der Waals surface area contributed by atoms with Crippen molar-refractivity contribution in [3.05, 3.63) is 0 Å². The van der Waals surface area contributed by atoms with Crippen LogP contribution in [0.25, 0.3) is 0 Å². The molecule has 0 saturated carbocycles. The lowest BCUT2D eigenvalue weighted by molar-refractivity contribution is -0.137. The second-order valence-electron chi connectivity index (χ2n) is 8.40. The number of amides is 1. The van der Waals surface area contributed by atoms with Gasteiger partial charge in [0, 0.05) is 64.9 Å². The average molecular weight is 353 g/mol. The minimum Gasteiger partial charge on any atom is -0.385 e. The number of ether oxygens (including phenoxy) is 2. The van der Waals surface area contributed by atoms with Crippen LogP contribution in [0.5, 0.6) is 0 Å². The van der Waals surface area contributed by atoms with Gasteiger partial charge in [0.25, 0.3) is 0 Å². The molecule has 3 aliphatic rings. The molecule has 3 rings (SSSR count). The Kier molecular flexibility index (Phi) is 7.14. The highest BCUT2D eigenvalue weighted by Gasteiger charge is 2.40. The summed E-state index contributed by atoms with van der Waals surface area (Å²) in [4.78, 5) is 17.6. The van der Waals surface area contributed by atoms with Crippen molar-refractivity contribution in [2.45, 2.75) is 51.4 Å². The van der Waals surface area contributed by atoms with E-state index in [1.165, 1.54) is 32.2 Å². The highest BCUT2D eigenvalue weighted by molar-refractivity contribution is 5.76. The van der Waals surface area contributed by atoms with Crippen LogP contribution in [0.15, 0.2) is 0 Å². The van der Waals surface area contributed by atoms with Crippen LogP contribution in [0, 0.1) is 11.3 Å². The molecule has 3 fully saturated rings. The Bertz CT molecular complexity index is 421. The molecule has 1 amide bonds. The molecule has 5 nitrogen and oxygen atoms in total. The molecule has 3 aliphatic heterocycles. The van der Waals surface area contributed by atoms with Crippen LogP contribution in [0.3, 0.4) is 0 Å². The monoisotopic (exact) mass is 352 g/mol. The van der Waals surface area contributed by atoms with Crippen LogP contribution >= 0.6 is 0 Å². The zero-order chi connectivity index (χ0) is 17.5. The van der Waals surface area contributed by atoms with Crippen molar-refractivity contribution in [3.63, 3.8) is 0 Å². The second kappa shape index (κ2) is 9.33. The third-order valence-electron chi connectivity index (χ3n) is 6.38. The first-order valence-electron chi connectivity index (χ1n) is 10.3. The molecule has 0 aromatic carbocycles. The minimum absolute atomic E-state index is 0.342. The molecule has 1 unspecified atom stereocenters. The smallest absolute Gasteiger partial charge is 0.222 e. The highest BCUT2D eigenvalue weighted by atomic mass is 16.5. The van der Waals surface area contributed by atoms with E-state index in [2.05, 4.69) is 9.80 Å². The van der Waals surface area contributed by atoms with Crippen LogP contribution in [0.4, 0.5) is 0 Å². The van der Waals surface area contributed by atoms with Crippen LogP contribution in [-0.4, -0.2) is 75.4 Å². The Morgan fingerprint density at radius 1 is 1.16 bits per heavy atom. The molecule has 3 saturated heterocycles. The molecule has 0 N–H and O–H groups in total. The van der Waals surface area contributed by atoms with Crippen molar-refractivity contribution >= 4 is 5.91 Å². The lowest BCUT2D eigenvalue weighted by atomic mass is 9.73. The van der Waals surface area contributed by atoms with Gasteiger partial charge in [0.15, 0.2) is 0 Å². The summed E-state index contributed by atoms with van der Waals surface area (Å²) in [5.74, 6) is 0.929. The predicted molar refractivity (Wildman–Crippen MR) is 98.6 cm³/mol. The van der Waals surface area contributed by atoms with Crippen molar-refractivity contribution in [2.24, 2.45) is 11.3 Å². The Balaban J connectivity index is 1.51. The Hall–Kier alpha value is -0.650. The van der Waals surface area contributed by atoms with Crippen molar-refractivity contribution in [3.8, 4) is 0 Å². The van der Waals surface area contributed by atoms with Gasteiger partial charge in [-0.05, 0) is 57.4 Å². The SMILES string of the molecule is COCCCN1CCCC2(CCCN(C(=O)CC3CCOCC3)C2)C1. The molecule has 144 valence electrons. The fourth-order valence-electron chi connectivity index (χ4n) is 5.01. The summed E-state index contributed by atoms with van der Waals surface area (Å²) in [6, 6.07) is 0. The third-order valence-corrected chi connectivity index (χ3v) is 6.38. The molecule has 1 atom stereocenters. The molecule has 25 heavy (non-hydrogen) atoms. The number of rotatable bonds is 6. The molecule has 0 aliphatic carbocycles. The number of piperidine rings is 2. The molecule has 3 heterocycles. The van der Waals surface area contributed by atoms with Crippen molar-refractivity contribution in [1.29, 1.82) is 0 Å². The molecule has 0 aromatic heterocycles. The normalized spacial score (nSPS) is 29.2. The van der Waals surface area contributed by atoms with Gasteiger partial charge in [0.2, 0.25) is 5.91 Å². The van der Waals surface area contributed by atoms with E-state index in [4.69, 9.17) is 9.47 Å². The second-order valence-corrected chi connectivity index (χ2v) is 8.40. The summed E-state index contributed by atoms with van der Waals surface area (Å²) in [5.41, 5.74) is 0.342. The van der Waals surface area contributed by atoms with Crippen LogP contribution in [0.2, 0.25) is 0 Å². The van der Waals surface area contributed by atoms with E-state index < -0.39 is 0 Å². The molecule has 0 bridgehead atoms. The first-order chi connectivity index (χ1) is 12.2. The lowest BCUT2D eigenvalue weighted by Gasteiger charge is -2.48. The van der Waals surface area contributed by atoms with E-state index >= 15 is 0 Å². The van der Waals surface area contributed by atoms with Gasteiger partial charge in [-0.3, -0.25) is 4.79 Å². The highest BCUT2D eigenvalue weighted by Crippen LogP contribution is 2.39. The zero-order valence-electron chi connectivity index (χ0n) is 16.0. The Labute approximate surface area is 153 Å². The number of methoxy groups -OCH3 is 1. The fourth-order valence-corrected chi connectivity index (χ4v) is 5.01. The number of nitrogens with zero attached hydrogens (tertiary/aromatic N) is 2. The van der Waals surface area contributed by atoms with Gasteiger partial charge in [0.1, 0.15) is 0 Å². The summed E-state index contributed by atoms with van der Waals surface area (Å²) >= 11 is 0. The quantitative estimate of drug-likeness (QED) is 0.689. The number of hydrogen-bond acceptors (Lipinski definition) is 4. The van der Waals surface area contributed by atoms with Gasteiger partial charge < -0.3 is 19.3 Å². The van der Waals surface area contributed by atoms with E-state index in [0.717, 1.165) is 71.7 Å². The Morgan fingerprint density at radius 2 is 1.92 bits per heavy atom. The number of carbonyl (C=O) groups excluding carboxylic acids is 1. The van der Waals surface area contributed by atoms with Crippen LogP contribution < -0.4 is 0 Å². The van der Waals surface area contributed by atoms with E-state index in [0.29, 0.717) is 17.2 Å². The maximum Gasteiger partial charge on any atom is 0.222 e. The fraction of sp³-hybridized carbons (Fsp3) is 0.950. The van der Waals surface area contributed by atoms with E-state index in [-0.39, 0.29) is 0 Å². The van der Waals surface area contributed by atoms with E-state index in [1.807, 2.05) is 0 Å². The standard InChI is InChI=1S/C20H36N2O3/c1-24-12-4-10-21-9-2-7-20(16-21)8-3-11-22(17-20)19(23)15-18-5-13-25-14-6-18/h18H,2-17H2,1H3. The van der Waals surface area contributed by atoms with Crippen molar-refractivity contribution in [2.75, 3.05) is 59.7 Å². The summed E-state index contributed by atoms with van der Waals surface area (Å²) in [6.45, 7) is 7.96. The molecule has 0 aromatic rings. The van der Waals surface area contributed by atoms with Gasteiger partial charge in [-0.25, -0.2) is 0 Å². The summed E-state index contributed by atoms with van der Waals surface area (Å²) in [6.07, 6.45) is 8.97. The first kappa shape index (κ1) is 19.1. The largest absolute Gasteiger partial charge is 0.385 e. The minimum atomic E-state index is 0.342. The summed E-state index contributed by atoms with van der Waals surface area (Å²) in [7, 11) is 1.78. The maximum absolute atomic E-state index is 12.8. The molecule has 1 spiro atoms. The molecule has 0 radical (unpaired) electrons. The van der Waals surface area contributed by atoms with Crippen molar-refractivity contribution in [1.82, 2.24) is 9.80 Å². The van der Waals surface area contributed by atoms with Gasteiger partial charge >= 0.3 is 0 Å². The zero-order valence-corrected chi connectivity index (χ0v) is 16.0. The number of hydrogen-bond donors (Lipinski definition) is 0. The predicted octanol–water partition coefficient (Wildman–Crippen LogP) is 2.54. The molecule has 5 heteroatoms. The van der Waals surface area contributed by atoms with E-state index in [9.17, 15) is 4.79 Å². The molecular formula is C20H36N2O3. The number of likely N-dealkylation sites (tertiary alicyclic amines) is 2. The van der Waals surface area contributed by atoms with Crippen molar-refractivity contribution < 1.29 is 14.3 Å². The van der Waals surface area contributed by atoms with Crippen LogP contribution in [-0.2, 0) is 14.3 Å². The van der Waals surface area contributed by atoms with Gasteiger partial charge in [-0.2, -0.15) is 0 Å². The average Bonchev–Trinajstić information content (AvgIpc) is 2.63. The van der Waals surface area contributed by atoms with Gasteiger partial charge in [0.05, 0.1) is 0 Å². The first-order valence-corrected chi connectivity index (χ1v) is 10.3. The lowest BCUT2D eigenvalue weighted by Crippen LogP contribution is -2.54. The third kappa shape index (κ3) is 5.41. The maximum atomic E-state index is 12.8. The number of carbonyl (C=O) groups is 1. The van der Waals surface area contributed by atoms with Gasteiger partial charge in [-0.15, -0.1) is 0 Å². The Morgan fingerprint density at radius 3 is 2.68 bits per heavy atom. The van der Waals surface area contributed by atoms with Crippen LogP contribution in [0.1, 0.15) is 51.4 Å².